The summed E-state index contributed by atoms with van der Waals surface area (Å²) in [6.07, 6.45) is 0. The maximum absolute atomic E-state index is 12.5. The molecular formula is C20H25N3O2. The zero-order valence-electron chi connectivity index (χ0n) is 15.0. The van der Waals surface area contributed by atoms with Crippen LogP contribution in [0.4, 0.5) is 11.4 Å². The highest BCUT2D eigenvalue weighted by Crippen LogP contribution is 2.16. The van der Waals surface area contributed by atoms with Crippen LogP contribution in [-0.4, -0.2) is 29.8 Å². The molecule has 2 amide bonds. The van der Waals surface area contributed by atoms with E-state index < -0.39 is 0 Å². The molecule has 2 aromatic rings. The third kappa shape index (κ3) is 5.72. The van der Waals surface area contributed by atoms with Gasteiger partial charge in [0.05, 0.1) is 0 Å². The smallest absolute Gasteiger partial charge is 0.255 e. The van der Waals surface area contributed by atoms with Crippen molar-refractivity contribution in [2.75, 3.05) is 23.7 Å². The van der Waals surface area contributed by atoms with Crippen LogP contribution >= 0.6 is 0 Å². The van der Waals surface area contributed by atoms with Crippen molar-refractivity contribution in [3.8, 4) is 0 Å². The van der Waals surface area contributed by atoms with Gasteiger partial charge in [-0.2, -0.15) is 0 Å². The van der Waals surface area contributed by atoms with Crippen LogP contribution in [0, 0.1) is 0 Å². The van der Waals surface area contributed by atoms with E-state index in [0.717, 1.165) is 30.9 Å². The van der Waals surface area contributed by atoms with E-state index in [9.17, 15) is 9.59 Å². The number of hydrogen-bond acceptors (Lipinski definition) is 3. The molecule has 0 bridgehead atoms. The summed E-state index contributed by atoms with van der Waals surface area (Å²) in [5.41, 5.74) is 3.03. The minimum atomic E-state index is -0.202. The first-order valence-corrected chi connectivity index (χ1v) is 8.52. The van der Waals surface area contributed by atoms with Crippen LogP contribution in [0.5, 0.6) is 0 Å². The second kappa shape index (κ2) is 8.99. The standard InChI is InChI=1S/C20H25N3O2/c1-4-23(5-2)14-16-8-6-10-18(12-16)22-20(25)17-9-7-11-19(13-17)21-15(3)24/h6-13H,4-5,14H2,1-3H3,(H,21,24)(H,22,25). The predicted molar refractivity (Wildman–Crippen MR) is 102 cm³/mol. The Hall–Kier alpha value is -2.66. The molecule has 0 unspecified atom stereocenters. The van der Waals surface area contributed by atoms with Crippen LogP contribution in [0.25, 0.3) is 0 Å². The Labute approximate surface area is 149 Å². The van der Waals surface area contributed by atoms with E-state index in [4.69, 9.17) is 0 Å². The molecule has 0 radical (unpaired) electrons. The second-order valence-corrected chi connectivity index (χ2v) is 5.88. The number of carbonyl (C=O) groups is 2. The lowest BCUT2D eigenvalue weighted by Gasteiger charge is -2.18. The van der Waals surface area contributed by atoms with Gasteiger partial charge in [-0.15, -0.1) is 0 Å². The van der Waals surface area contributed by atoms with Crippen molar-refractivity contribution in [1.82, 2.24) is 4.90 Å². The quantitative estimate of drug-likeness (QED) is 0.808. The van der Waals surface area contributed by atoms with Gasteiger partial charge in [-0.1, -0.05) is 32.0 Å². The van der Waals surface area contributed by atoms with Crippen LogP contribution in [0.2, 0.25) is 0 Å². The lowest BCUT2D eigenvalue weighted by Crippen LogP contribution is -2.22. The molecule has 0 atom stereocenters. The summed E-state index contributed by atoms with van der Waals surface area (Å²) in [5.74, 6) is -0.367. The van der Waals surface area contributed by atoms with Crippen molar-refractivity contribution in [3.63, 3.8) is 0 Å². The second-order valence-electron chi connectivity index (χ2n) is 5.88. The Bertz CT molecular complexity index is 739. The summed E-state index contributed by atoms with van der Waals surface area (Å²) in [4.78, 5) is 25.9. The van der Waals surface area contributed by atoms with Gasteiger partial charge in [0.2, 0.25) is 5.91 Å². The van der Waals surface area contributed by atoms with Crippen molar-refractivity contribution in [2.24, 2.45) is 0 Å². The maximum Gasteiger partial charge on any atom is 0.255 e. The van der Waals surface area contributed by atoms with Gasteiger partial charge in [0.15, 0.2) is 0 Å². The van der Waals surface area contributed by atoms with Gasteiger partial charge in [0.1, 0.15) is 0 Å². The zero-order valence-corrected chi connectivity index (χ0v) is 15.0. The molecule has 2 N–H and O–H groups in total. The number of carbonyl (C=O) groups excluding carboxylic acids is 2. The largest absolute Gasteiger partial charge is 0.326 e. The Morgan fingerprint density at radius 2 is 1.56 bits per heavy atom. The molecule has 5 nitrogen and oxygen atoms in total. The highest BCUT2D eigenvalue weighted by atomic mass is 16.2. The van der Waals surface area contributed by atoms with Crippen molar-refractivity contribution >= 4 is 23.2 Å². The van der Waals surface area contributed by atoms with Crippen LogP contribution in [0.15, 0.2) is 48.5 Å². The summed E-state index contributed by atoms with van der Waals surface area (Å²) in [6, 6.07) is 14.8. The third-order valence-electron chi connectivity index (χ3n) is 3.93. The first kappa shape index (κ1) is 18.7. The van der Waals surface area contributed by atoms with Crippen LogP contribution < -0.4 is 10.6 Å². The summed E-state index contributed by atoms with van der Waals surface area (Å²) in [6.45, 7) is 8.54. The maximum atomic E-state index is 12.5. The minimum absolute atomic E-state index is 0.165. The van der Waals surface area contributed by atoms with Gasteiger partial charge >= 0.3 is 0 Å². The molecular weight excluding hydrogens is 314 g/mol. The average Bonchev–Trinajstić information content (AvgIpc) is 2.59. The molecule has 0 aromatic heterocycles. The fourth-order valence-corrected chi connectivity index (χ4v) is 2.60. The van der Waals surface area contributed by atoms with Gasteiger partial charge in [-0.25, -0.2) is 0 Å². The van der Waals surface area contributed by atoms with Gasteiger partial charge in [0, 0.05) is 30.4 Å². The Morgan fingerprint density at radius 1 is 0.920 bits per heavy atom. The number of hydrogen-bond donors (Lipinski definition) is 2. The summed E-state index contributed by atoms with van der Waals surface area (Å²) >= 11 is 0. The van der Waals surface area contributed by atoms with Crippen LogP contribution in [0.1, 0.15) is 36.7 Å². The molecule has 0 spiro atoms. The molecule has 0 saturated heterocycles. The first-order valence-electron chi connectivity index (χ1n) is 8.52. The summed E-state index contributed by atoms with van der Waals surface area (Å²) < 4.78 is 0. The normalized spacial score (nSPS) is 10.6. The minimum Gasteiger partial charge on any atom is -0.326 e. The SMILES string of the molecule is CCN(CC)Cc1cccc(NC(=O)c2cccc(NC(C)=O)c2)c1. The number of benzene rings is 2. The topological polar surface area (TPSA) is 61.4 Å². The number of rotatable bonds is 7. The molecule has 25 heavy (non-hydrogen) atoms. The van der Waals surface area contributed by atoms with E-state index in [-0.39, 0.29) is 11.8 Å². The van der Waals surface area contributed by atoms with Crippen LogP contribution in [0.3, 0.4) is 0 Å². The molecule has 0 heterocycles. The van der Waals surface area contributed by atoms with Gasteiger partial charge in [0.25, 0.3) is 5.91 Å². The molecule has 132 valence electrons. The molecule has 0 aliphatic carbocycles. The lowest BCUT2D eigenvalue weighted by molar-refractivity contribution is -0.114. The fraction of sp³-hybridized carbons (Fsp3) is 0.300. The molecule has 5 heteroatoms. The molecule has 2 rings (SSSR count). The lowest BCUT2D eigenvalue weighted by atomic mass is 10.1. The summed E-state index contributed by atoms with van der Waals surface area (Å²) in [7, 11) is 0. The van der Waals surface area contributed by atoms with Crippen molar-refractivity contribution in [2.45, 2.75) is 27.3 Å². The highest BCUT2D eigenvalue weighted by Gasteiger charge is 2.08. The fourth-order valence-electron chi connectivity index (χ4n) is 2.60. The monoisotopic (exact) mass is 339 g/mol. The van der Waals surface area contributed by atoms with E-state index in [1.54, 1.807) is 24.3 Å². The Balaban J connectivity index is 2.09. The van der Waals surface area contributed by atoms with E-state index >= 15 is 0 Å². The van der Waals surface area contributed by atoms with Gasteiger partial charge < -0.3 is 10.6 Å². The van der Waals surface area contributed by atoms with E-state index in [2.05, 4.69) is 35.4 Å². The van der Waals surface area contributed by atoms with Crippen molar-refractivity contribution in [1.29, 1.82) is 0 Å². The van der Waals surface area contributed by atoms with Crippen LogP contribution in [-0.2, 0) is 11.3 Å². The van der Waals surface area contributed by atoms with E-state index in [1.165, 1.54) is 6.92 Å². The average molecular weight is 339 g/mol. The molecule has 2 aromatic carbocycles. The Kier molecular flexibility index (Phi) is 6.71. The molecule has 0 aliphatic rings. The van der Waals surface area contributed by atoms with E-state index in [1.807, 2.05) is 18.2 Å². The molecule has 0 aliphatic heterocycles. The molecule has 0 fully saturated rings. The van der Waals surface area contributed by atoms with Crippen molar-refractivity contribution < 1.29 is 9.59 Å². The number of nitrogens with one attached hydrogen (secondary N) is 2. The van der Waals surface area contributed by atoms with E-state index in [0.29, 0.717) is 11.3 Å². The predicted octanol–water partition coefficient (Wildman–Crippen LogP) is 3.74. The number of nitrogens with zero attached hydrogens (tertiary/aromatic N) is 1. The van der Waals surface area contributed by atoms with Gasteiger partial charge in [-0.3, -0.25) is 14.5 Å². The zero-order chi connectivity index (χ0) is 18.2. The first-order chi connectivity index (χ1) is 12.0. The summed E-state index contributed by atoms with van der Waals surface area (Å²) in [5, 5.41) is 5.60. The third-order valence-corrected chi connectivity index (χ3v) is 3.93. The van der Waals surface area contributed by atoms with Gasteiger partial charge in [-0.05, 0) is 49.0 Å². The van der Waals surface area contributed by atoms with Crippen molar-refractivity contribution in [3.05, 3.63) is 59.7 Å². The Morgan fingerprint density at radius 3 is 2.20 bits per heavy atom. The number of amides is 2. The number of anilines is 2. The highest BCUT2D eigenvalue weighted by molar-refractivity contribution is 6.05. The molecule has 0 saturated carbocycles.